The van der Waals surface area contributed by atoms with Crippen LogP contribution in [0.5, 0.6) is 0 Å². The van der Waals surface area contributed by atoms with Crippen molar-refractivity contribution in [1.29, 1.82) is 5.26 Å². The summed E-state index contributed by atoms with van der Waals surface area (Å²) in [6, 6.07) is 2.16. The zero-order valence-corrected chi connectivity index (χ0v) is 9.41. The van der Waals surface area contributed by atoms with Gasteiger partial charge in [-0.2, -0.15) is 5.26 Å². The van der Waals surface area contributed by atoms with E-state index in [1.807, 2.05) is 4.90 Å². The maximum atomic E-state index is 11.2. The van der Waals surface area contributed by atoms with Crippen LogP contribution in [0.4, 0.5) is 0 Å². The van der Waals surface area contributed by atoms with Crippen LogP contribution in [0.25, 0.3) is 0 Å². The van der Waals surface area contributed by atoms with Crippen molar-refractivity contribution in [3.05, 3.63) is 0 Å². The van der Waals surface area contributed by atoms with E-state index in [-0.39, 0.29) is 5.91 Å². The Kier molecular flexibility index (Phi) is 5.13. The van der Waals surface area contributed by atoms with Crippen molar-refractivity contribution in [1.82, 2.24) is 9.80 Å². The lowest BCUT2D eigenvalue weighted by molar-refractivity contribution is -0.128. The van der Waals surface area contributed by atoms with Gasteiger partial charge in [-0.1, -0.05) is 0 Å². The van der Waals surface area contributed by atoms with Crippen LogP contribution in [-0.2, 0) is 4.79 Å². The minimum absolute atomic E-state index is 0.175. The van der Waals surface area contributed by atoms with Crippen molar-refractivity contribution in [3.8, 4) is 6.07 Å². The van der Waals surface area contributed by atoms with Crippen molar-refractivity contribution in [2.75, 3.05) is 32.7 Å². The molecule has 0 aliphatic carbocycles. The third-order valence-electron chi connectivity index (χ3n) is 2.80. The fourth-order valence-corrected chi connectivity index (χ4v) is 1.89. The summed E-state index contributed by atoms with van der Waals surface area (Å²) in [7, 11) is 0. The summed E-state index contributed by atoms with van der Waals surface area (Å²) < 4.78 is 0. The molecule has 84 valence electrons. The molecule has 0 aromatic carbocycles. The van der Waals surface area contributed by atoms with Crippen LogP contribution in [0.2, 0.25) is 0 Å². The quantitative estimate of drug-likeness (QED) is 0.647. The average molecular weight is 209 g/mol. The van der Waals surface area contributed by atoms with E-state index in [2.05, 4.69) is 11.0 Å². The lowest BCUT2D eigenvalue weighted by Gasteiger charge is -2.20. The minimum atomic E-state index is 0.175. The molecule has 1 fully saturated rings. The van der Waals surface area contributed by atoms with Crippen LogP contribution in [-0.4, -0.2) is 48.4 Å². The molecule has 0 aromatic heterocycles. The van der Waals surface area contributed by atoms with E-state index in [1.165, 1.54) is 0 Å². The normalized spacial score (nSPS) is 18.3. The Morgan fingerprint density at radius 1 is 1.33 bits per heavy atom. The van der Waals surface area contributed by atoms with Crippen LogP contribution in [0.1, 0.15) is 26.2 Å². The van der Waals surface area contributed by atoms with Crippen LogP contribution < -0.4 is 0 Å². The molecule has 0 unspecified atom stereocenters. The lowest BCUT2D eigenvalue weighted by Crippen LogP contribution is -2.33. The van der Waals surface area contributed by atoms with Gasteiger partial charge in [0.2, 0.25) is 5.91 Å². The van der Waals surface area contributed by atoms with E-state index in [9.17, 15) is 4.79 Å². The minimum Gasteiger partial charge on any atom is -0.342 e. The average Bonchev–Trinajstić information content (AvgIpc) is 2.44. The Balaban J connectivity index is 2.27. The summed E-state index contributed by atoms with van der Waals surface area (Å²) in [5.41, 5.74) is 0. The molecule has 1 aliphatic heterocycles. The van der Waals surface area contributed by atoms with Crippen molar-refractivity contribution in [2.45, 2.75) is 26.2 Å². The second-order valence-electron chi connectivity index (χ2n) is 3.96. The van der Waals surface area contributed by atoms with Gasteiger partial charge in [0, 0.05) is 33.0 Å². The largest absolute Gasteiger partial charge is 0.342 e. The van der Waals surface area contributed by atoms with Crippen molar-refractivity contribution >= 4 is 5.91 Å². The van der Waals surface area contributed by atoms with Gasteiger partial charge >= 0.3 is 0 Å². The summed E-state index contributed by atoms with van der Waals surface area (Å²) in [5, 5.41) is 8.44. The van der Waals surface area contributed by atoms with E-state index >= 15 is 0 Å². The Hall–Kier alpha value is -1.08. The number of unbranched alkanes of at least 4 members (excludes halogenated alkanes) is 1. The third kappa shape index (κ3) is 4.30. The highest BCUT2D eigenvalue weighted by Crippen LogP contribution is 2.04. The molecule has 15 heavy (non-hydrogen) atoms. The zero-order valence-electron chi connectivity index (χ0n) is 9.41. The molecule has 0 saturated carbocycles. The fourth-order valence-electron chi connectivity index (χ4n) is 1.89. The molecule has 0 spiro atoms. The second-order valence-corrected chi connectivity index (χ2v) is 3.96. The number of carbonyl (C=O) groups excluding carboxylic acids is 1. The van der Waals surface area contributed by atoms with Gasteiger partial charge in [-0.05, 0) is 25.9 Å². The molecule has 0 bridgehead atoms. The van der Waals surface area contributed by atoms with Crippen LogP contribution in [0, 0.1) is 11.3 Å². The maximum Gasteiger partial charge on any atom is 0.219 e. The van der Waals surface area contributed by atoms with E-state index in [1.54, 1.807) is 6.92 Å². The van der Waals surface area contributed by atoms with E-state index in [0.29, 0.717) is 6.42 Å². The molecule has 0 aromatic rings. The molecule has 1 aliphatic rings. The molecule has 0 atom stereocenters. The van der Waals surface area contributed by atoms with Gasteiger partial charge in [0.1, 0.15) is 0 Å². The maximum absolute atomic E-state index is 11.2. The standard InChI is InChI=1S/C11H19N3O/c1-11(15)14-8-4-7-13(9-10-14)6-3-2-5-12/h2-4,6-10H2,1H3. The summed E-state index contributed by atoms with van der Waals surface area (Å²) in [5.74, 6) is 0.175. The van der Waals surface area contributed by atoms with Gasteiger partial charge in [0.15, 0.2) is 0 Å². The summed E-state index contributed by atoms with van der Waals surface area (Å²) in [6.45, 7) is 6.33. The molecule has 1 saturated heterocycles. The van der Waals surface area contributed by atoms with E-state index in [4.69, 9.17) is 5.26 Å². The highest BCUT2D eigenvalue weighted by Gasteiger charge is 2.15. The predicted octanol–water partition coefficient (Wildman–Crippen LogP) is 0.844. The van der Waals surface area contributed by atoms with Gasteiger partial charge in [-0.25, -0.2) is 0 Å². The predicted molar refractivity (Wildman–Crippen MR) is 58.2 cm³/mol. The van der Waals surface area contributed by atoms with Crippen molar-refractivity contribution in [3.63, 3.8) is 0 Å². The number of nitriles is 1. The van der Waals surface area contributed by atoms with Crippen LogP contribution >= 0.6 is 0 Å². The number of amides is 1. The number of hydrogen-bond donors (Lipinski definition) is 0. The number of nitrogens with zero attached hydrogens (tertiary/aromatic N) is 3. The van der Waals surface area contributed by atoms with E-state index < -0.39 is 0 Å². The van der Waals surface area contributed by atoms with Crippen molar-refractivity contribution < 1.29 is 4.79 Å². The summed E-state index contributed by atoms with van der Waals surface area (Å²) >= 11 is 0. The molecule has 1 rings (SSSR count). The van der Waals surface area contributed by atoms with Gasteiger partial charge in [-0.3, -0.25) is 4.79 Å². The molecular formula is C11H19N3O. The Labute approximate surface area is 91.5 Å². The molecule has 4 nitrogen and oxygen atoms in total. The first-order valence-electron chi connectivity index (χ1n) is 5.59. The van der Waals surface area contributed by atoms with E-state index in [0.717, 1.165) is 45.6 Å². The fraction of sp³-hybridized carbons (Fsp3) is 0.818. The van der Waals surface area contributed by atoms with Crippen molar-refractivity contribution in [2.24, 2.45) is 0 Å². The van der Waals surface area contributed by atoms with Crippen LogP contribution in [0.3, 0.4) is 0 Å². The molecule has 1 amide bonds. The second kappa shape index (κ2) is 6.41. The van der Waals surface area contributed by atoms with Crippen LogP contribution in [0.15, 0.2) is 0 Å². The highest BCUT2D eigenvalue weighted by atomic mass is 16.2. The Morgan fingerprint density at radius 3 is 2.80 bits per heavy atom. The molecule has 4 heteroatoms. The molecule has 0 N–H and O–H groups in total. The van der Waals surface area contributed by atoms with Gasteiger partial charge in [-0.15, -0.1) is 0 Å². The monoisotopic (exact) mass is 209 g/mol. The Bertz CT molecular complexity index is 247. The SMILES string of the molecule is CC(=O)N1CCCN(CCCC#N)CC1. The summed E-state index contributed by atoms with van der Waals surface area (Å²) in [6.07, 6.45) is 2.62. The third-order valence-corrected chi connectivity index (χ3v) is 2.80. The Morgan fingerprint density at radius 2 is 2.13 bits per heavy atom. The summed E-state index contributed by atoms with van der Waals surface area (Å²) in [4.78, 5) is 15.4. The van der Waals surface area contributed by atoms with Gasteiger partial charge < -0.3 is 9.80 Å². The molecule has 1 heterocycles. The first-order chi connectivity index (χ1) is 7.24. The molecule has 0 radical (unpaired) electrons. The number of hydrogen-bond acceptors (Lipinski definition) is 3. The topological polar surface area (TPSA) is 47.3 Å². The van der Waals surface area contributed by atoms with Gasteiger partial charge in [0.25, 0.3) is 0 Å². The van der Waals surface area contributed by atoms with Gasteiger partial charge in [0.05, 0.1) is 6.07 Å². The number of carbonyl (C=O) groups is 1. The smallest absolute Gasteiger partial charge is 0.219 e. The number of rotatable bonds is 3. The highest BCUT2D eigenvalue weighted by molar-refractivity contribution is 5.73. The first-order valence-corrected chi connectivity index (χ1v) is 5.59. The molecular weight excluding hydrogens is 190 g/mol. The first kappa shape index (κ1) is 12.0. The lowest BCUT2D eigenvalue weighted by atomic mass is 10.3. The zero-order chi connectivity index (χ0) is 11.1.